The number of benzene rings is 1. The van der Waals surface area contributed by atoms with Gasteiger partial charge in [-0.2, -0.15) is 0 Å². The zero-order valence-corrected chi connectivity index (χ0v) is 9.72. The molecule has 1 N–H and O–H groups in total. The minimum atomic E-state index is 0.923. The summed E-state index contributed by atoms with van der Waals surface area (Å²) in [6.07, 6.45) is 1.82. The highest BCUT2D eigenvalue weighted by Gasteiger charge is 2.04. The first-order chi connectivity index (χ1) is 6.72. The maximum atomic E-state index is 4.31. The van der Waals surface area contributed by atoms with Gasteiger partial charge < -0.3 is 5.32 Å². The summed E-state index contributed by atoms with van der Waals surface area (Å²) in [5.41, 5.74) is 1.24. The molecule has 2 nitrogen and oxygen atoms in total. The van der Waals surface area contributed by atoms with Crippen LogP contribution < -0.4 is 5.32 Å². The highest BCUT2D eigenvalue weighted by Crippen LogP contribution is 2.28. The Morgan fingerprint density at radius 3 is 2.79 bits per heavy atom. The van der Waals surface area contributed by atoms with E-state index in [1.807, 2.05) is 13.2 Å². The van der Waals surface area contributed by atoms with Crippen LogP contribution in [-0.4, -0.2) is 12.0 Å². The minimum absolute atomic E-state index is 0.923. The lowest BCUT2D eigenvalue weighted by Crippen LogP contribution is -1.93. The van der Waals surface area contributed by atoms with Crippen LogP contribution in [0.1, 0.15) is 5.56 Å². The monoisotopic (exact) mass is 250 g/mol. The molecule has 0 aliphatic carbocycles. The van der Waals surface area contributed by atoms with Crippen molar-refractivity contribution in [2.45, 2.75) is 6.92 Å². The average Bonchev–Trinajstić information content (AvgIpc) is 2.18. The van der Waals surface area contributed by atoms with E-state index in [0.29, 0.717) is 0 Å². The Morgan fingerprint density at radius 1 is 1.29 bits per heavy atom. The Balaban J connectivity index is 2.85. The highest BCUT2D eigenvalue weighted by molar-refractivity contribution is 9.10. The van der Waals surface area contributed by atoms with Crippen molar-refractivity contribution in [2.75, 3.05) is 12.4 Å². The number of aryl methyl sites for hydroxylation is 1. The quantitative estimate of drug-likeness (QED) is 0.840. The van der Waals surface area contributed by atoms with Gasteiger partial charge in [-0.1, -0.05) is 17.7 Å². The third-order valence-electron chi connectivity index (χ3n) is 2.23. The van der Waals surface area contributed by atoms with Gasteiger partial charge in [0.05, 0.1) is 0 Å². The molecule has 1 aromatic heterocycles. The molecule has 72 valence electrons. The molecule has 0 saturated carbocycles. The van der Waals surface area contributed by atoms with Gasteiger partial charge in [-0.05, 0) is 28.9 Å². The Kier molecular flexibility index (Phi) is 2.42. The lowest BCUT2D eigenvalue weighted by Gasteiger charge is -2.07. The number of anilines is 1. The second-order valence-corrected chi connectivity index (χ2v) is 4.11. The van der Waals surface area contributed by atoms with Crippen LogP contribution in [0.2, 0.25) is 0 Å². The SMILES string of the molecule is CNc1ncc(Br)c2ccc(C)cc12. The number of hydrogen-bond donors (Lipinski definition) is 1. The van der Waals surface area contributed by atoms with Gasteiger partial charge in [-0.15, -0.1) is 0 Å². The van der Waals surface area contributed by atoms with E-state index in [4.69, 9.17) is 0 Å². The van der Waals surface area contributed by atoms with Crippen molar-refractivity contribution in [3.8, 4) is 0 Å². The van der Waals surface area contributed by atoms with Crippen LogP contribution in [0.15, 0.2) is 28.9 Å². The molecule has 2 rings (SSSR count). The fraction of sp³-hybridized carbons (Fsp3) is 0.182. The zero-order valence-electron chi connectivity index (χ0n) is 8.13. The molecule has 3 heteroatoms. The molecular formula is C11H11BrN2. The van der Waals surface area contributed by atoms with Crippen molar-refractivity contribution in [3.05, 3.63) is 34.4 Å². The summed E-state index contributed by atoms with van der Waals surface area (Å²) in [7, 11) is 1.89. The predicted molar refractivity (Wildman–Crippen MR) is 63.7 cm³/mol. The summed E-state index contributed by atoms with van der Waals surface area (Å²) in [5, 5.41) is 5.44. The van der Waals surface area contributed by atoms with Gasteiger partial charge in [0.1, 0.15) is 5.82 Å². The predicted octanol–water partition coefficient (Wildman–Crippen LogP) is 3.35. The van der Waals surface area contributed by atoms with E-state index in [2.05, 4.69) is 51.4 Å². The van der Waals surface area contributed by atoms with Crippen LogP contribution in [0.4, 0.5) is 5.82 Å². The number of aromatic nitrogens is 1. The Bertz CT molecular complexity index is 480. The average molecular weight is 251 g/mol. The molecule has 0 aliphatic rings. The maximum absolute atomic E-state index is 4.31. The van der Waals surface area contributed by atoms with Gasteiger partial charge in [-0.3, -0.25) is 0 Å². The smallest absolute Gasteiger partial charge is 0.133 e. The molecule has 0 spiro atoms. The van der Waals surface area contributed by atoms with E-state index in [0.717, 1.165) is 15.7 Å². The zero-order chi connectivity index (χ0) is 10.1. The molecule has 0 aliphatic heterocycles. The molecule has 0 saturated heterocycles. The molecule has 0 unspecified atom stereocenters. The van der Waals surface area contributed by atoms with E-state index in [9.17, 15) is 0 Å². The number of halogens is 1. The number of hydrogen-bond acceptors (Lipinski definition) is 2. The Hall–Kier alpha value is -1.09. The molecular weight excluding hydrogens is 240 g/mol. The summed E-state index contributed by atoms with van der Waals surface area (Å²) >= 11 is 3.49. The van der Waals surface area contributed by atoms with Gasteiger partial charge in [-0.25, -0.2) is 4.98 Å². The van der Waals surface area contributed by atoms with E-state index in [1.54, 1.807) is 0 Å². The van der Waals surface area contributed by atoms with Crippen LogP contribution in [0.25, 0.3) is 10.8 Å². The van der Waals surface area contributed by atoms with Crippen molar-refractivity contribution in [1.82, 2.24) is 4.98 Å². The van der Waals surface area contributed by atoms with Gasteiger partial charge in [0.25, 0.3) is 0 Å². The fourth-order valence-electron chi connectivity index (χ4n) is 1.52. The summed E-state index contributed by atoms with van der Waals surface area (Å²) < 4.78 is 1.03. The van der Waals surface area contributed by atoms with Crippen LogP contribution in [0.5, 0.6) is 0 Å². The first kappa shape index (κ1) is 9.46. The topological polar surface area (TPSA) is 24.9 Å². The summed E-state index contributed by atoms with van der Waals surface area (Å²) in [4.78, 5) is 4.31. The molecule has 14 heavy (non-hydrogen) atoms. The number of rotatable bonds is 1. The first-order valence-corrected chi connectivity index (χ1v) is 5.24. The van der Waals surface area contributed by atoms with Crippen molar-refractivity contribution in [2.24, 2.45) is 0 Å². The number of nitrogens with zero attached hydrogens (tertiary/aromatic N) is 1. The Morgan fingerprint density at radius 2 is 2.07 bits per heavy atom. The summed E-state index contributed by atoms with van der Waals surface area (Å²) in [5.74, 6) is 0.923. The second-order valence-electron chi connectivity index (χ2n) is 3.25. The van der Waals surface area contributed by atoms with Crippen molar-refractivity contribution >= 4 is 32.5 Å². The number of pyridine rings is 1. The normalized spacial score (nSPS) is 10.5. The Labute approximate surface area is 91.5 Å². The largest absolute Gasteiger partial charge is 0.373 e. The molecule has 0 fully saturated rings. The maximum Gasteiger partial charge on any atom is 0.133 e. The standard InChI is InChI=1S/C11H11BrN2/c1-7-3-4-8-9(5-7)11(13-2)14-6-10(8)12/h3-6H,1-2H3,(H,13,14). The third-order valence-corrected chi connectivity index (χ3v) is 2.86. The van der Waals surface area contributed by atoms with Gasteiger partial charge in [0.15, 0.2) is 0 Å². The number of fused-ring (bicyclic) bond motifs is 1. The van der Waals surface area contributed by atoms with Crippen molar-refractivity contribution < 1.29 is 0 Å². The van der Waals surface area contributed by atoms with Crippen LogP contribution >= 0.6 is 15.9 Å². The molecule has 0 amide bonds. The molecule has 0 bridgehead atoms. The lowest BCUT2D eigenvalue weighted by molar-refractivity contribution is 1.30. The minimum Gasteiger partial charge on any atom is -0.373 e. The van der Waals surface area contributed by atoms with Crippen molar-refractivity contribution in [1.29, 1.82) is 0 Å². The second kappa shape index (κ2) is 3.58. The first-order valence-electron chi connectivity index (χ1n) is 4.45. The van der Waals surface area contributed by atoms with Gasteiger partial charge >= 0.3 is 0 Å². The highest BCUT2D eigenvalue weighted by atomic mass is 79.9. The van der Waals surface area contributed by atoms with E-state index >= 15 is 0 Å². The van der Waals surface area contributed by atoms with Gasteiger partial charge in [0, 0.05) is 28.5 Å². The molecule has 1 heterocycles. The summed E-state index contributed by atoms with van der Waals surface area (Å²) in [6, 6.07) is 6.35. The molecule has 0 radical (unpaired) electrons. The van der Waals surface area contributed by atoms with E-state index in [1.165, 1.54) is 10.9 Å². The molecule has 2 aromatic rings. The van der Waals surface area contributed by atoms with E-state index < -0.39 is 0 Å². The molecule has 1 aromatic carbocycles. The van der Waals surface area contributed by atoms with Crippen molar-refractivity contribution in [3.63, 3.8) is 0 Å². The fourth-order valence-corrected chi connectivity index (χ4v) is 1.97. The summed E-state index contributed by atoms with van der Waals surface area (Å²) in [6.45, 7) is 2.08. The van der Waals surface area contributed by atoms with E-state index in [-0.39, 0.29) is 0 Å². The molecule has 0 atom stereocenters. The van der Waals surface area contributed by atoms with Crippen LogP contribution in [-0.2, 0) is 0 Å². The third kappa shape index (κ3) is 1.48. The van der Waals surface area contributed by atoms with Crippen LogP contribution in [0.3, 0.4) is 0 Å². The number of nitrogens with one attached hydrogen (secondary N) is 1. The van der Waals surface area contributed by atoms with Crippen LogP contribution in [0, 0.1) is 6.92 Å². The lowest BCUT2D eigenvalue weighted by atomic mass is 10.1. The van der Waals surface area contributed by atoms with Gasteiger partial charge in [0.2, 0.25) is 0 Å².